The molecule has 29 heavy (non-hydrogen) atoms. The zero-order valence-electron chi connectivity index (χ0n) is 18.3. The lowest BCUT2D eigenvalue weighted by Gasteiger charge is -2.27. The van der Waals surface area contributed by atoms with Gasteiger partial charge in [0.25, 0.3) is 5.91 Å². The van der Waals surface area contributed by atoms with E-state index in [0.29, 0.717) is 30.9 Å². The van der Waals surface area contributed by atoms with E-state index in [1.165, 1.54) is 0 Å². The van der Waals surface area contributed by atoms with Crippen molar-refractivity contribution >= 4 is 17.3 Å². The number of carbonyl (C=O) groups is 1. The Kier molecular flexibility index (Phi) is 11.5. The van der Waals surface area contributed by atoms with E-state index >= 15 is 0 Å². The predicted molar refractivity (Wildman–Crippen MR) is 122 cm³/mol. The van der Waals surface area contributed by atoms with Crippen LogP contribution < -0.4 is 21.7 Å². The molecule has 1 heterocycles. The van der Waals surface area contributed by atoms with Crippen LogP contribution in [0, 0.1) is 5.41 Å². The summed E-state index contributed by atoms with van der Waals surface area (Å²) in [5.41, 5.74) is 8.66. The molecule has 1 amide bonds. The van der Waals surface area contributed by atoms with E-state index in [1.54, 1.807) is 0 Å². The molecule has 1 unspecified atom stereocenters. The second-order valence-corrected chi connectivity index (χ2v) is 6.76. The molecule has 0 saturated heterocycles. The SMILES string of the molecule is CC.CCc1cc(NC2C(=N)CNC=CN2C)ccc1C(=O)NCCCCCN. The fourth-order valence-corrected chi connectivity index (χ4v) is 3.06. The second kappa shape index (κ2) is 13.6. The monoisotopic (exact) mass is 402 g/mol. The van der Waals surface area contributed by atoms with Crippen LogP contribution in [0.5, 0.6) is 0 Å². The predicted octanol–water partition coefficient (Wildman–Crippen LogP) is 2.90. The Balaban J connectivity index is 0.00000204. The van der Waals surface area contributed by atoms with Gasteiger partial charge >= 0.3 is 0 Å². The standard InChI is InChI=1S/C20H32N6O.C2H6/c1-3-15-13-16(25-19-18(22)14-23-11-12-26(19)2)7-8-17(15)20(27)24-10-6-4-5-9-21;1-2/h7-8,11-13,19,22-23,25H,3-6,9-10,14,21H2,1-2H3,(H,24,27);1-2H3. The summed E-state index contributed by atoms with van der Waals surface area (Å²) in [6, 6.07) is 5.78. The van der Waals surface area contributed by atoms with E-state index in [0.717, 1.165) is 36.9 Å². The van der Waals surface area contributed by atoms with Crippen molar-refractivity contribution in [1.29, 1.82) is 5.41 Å². The summed E-state index contributed by atoms with van der Waals surface area (Å²) in [7, 11) is 1.93. The first-order chi connectivity index (χ1) is 14.1. The van der Waals surface area contributed by atoms with Gasteiger partial charge in [-0.25, -0.2) is 0 Å². The van der Waals surface area contributed by atoms with Crippen molar-refractivity contribution in [3.05, 3.63) is 41.7 Å². The van der Waals surface area contributed by atoms with Crippen LogP contribution in [-0.4, -0.2) is 49.4 Å². The molecule has 7 heteroatoms. The van der Waals surface area contributed by atoms with Gasteiger partial charge in [-0.15, -0.1) is 0 Å². The molecule has 0 aromatic heterocycles. The highest BCUT2D eigenvalue weighted by molar-refractivity contribution is 5.96. The average Bonchev–Trinajstić information content (AvgIpc) is 2.90. The molecular weight excluding hydrogens is 364 g/mol. The van der Waals surface area contributed by atoms with Gasteiger partial charge in [-0.05, 0) is 49.6 Å². The highest BCUT2D eigenvalue weighted by atomic mass is 16.1. The minimum Gasteiger partial charge on any atom is -0.384 e. The fourth-order valence-electron chi connectivity index (χ4n) is 3.06. The summed E-state index contributed by atoms with van der Waals surface area (Å²) < 4.78 is 0. The molecule has 0 fully saturated rings. The number of nitrogens with zero attached hydrogens (tertiary/aromatic N) is 1. The highest BCUT2D eigenvalue weighted by Gasteiger charge is 2.20. The van der Waals surface area contributed by atoms with Crippen LogP contribution in [0.4, 0.5) is 5.69 Å². The molecular formula is C22H38N6O. The number of carbonyl (C=O) groups excluding carboxylic acids is 1. The van der Waals surface area contributed by atoms with Gasteiger partial charge in [0.2, 0.25) is 0 Å². The normalized spacial score (nSPS) is 15.7. The summed E-state index contributed by atoms with van der Waals surface area (Å²) in [5.74, 6) is -0.0300. The van der Waals surface area contributed by atoms with Crippen molar-refractivity contribution < 1.29 is 4.79 Å². The Morgan fingerprint density at radius 1 is 1.31 bits per heavy atom. The molecule has 1 aliphatic heterocycles. The van der Waals surface area contributed by atoms with E-state index in [4.69, 9.17) is 11.1 Å². The van der Waals surface area contributed by atoms with Crippen LogP contribution in [0.25, 0.3) is 0 Å². The van der Waals surface area contributed by atoms with E-state index < -0.39 is 0 Å². The molecule has 1 atom stereocenters. The summed E-state index contributed by atoms with van der Waals surface area (Å²) >= 11 is 0. The van der Waals surface area contributed by atoms with Crippen molar-refractivity contribution in [3.8, 4) is 0 Å². The van der Waals surface area contributed by atoms with E-state index in [9.17, 15) is 4.79 Å². The maximum absolute atomic E-state index is 12.5. The fraction of sp³-hybridized carbons (Fsp3) is 0.545. The third-order valence-electron chi connectivity index (χ3n) is 4.66. The minimum atomic E-state index is -0.219. The Morgan fingerprint density at radius 3 is 2.76 bits per heavy atom. The Labute approximate surface area is 175 Å². The summed E-state index contributed by atoms with van der Waals surface area (Å²) in [6.07, 6.45) is 7.27. The number of amides is 1. The molecule has 0 aliphatic carbocycles. The average molecular weight is 403 g/mol. The number of hydrogen-bond donors (Lipinski definition) is 5. The molecule has 1 aliphatic rings. The molecule has 1 aromatic carbocycles. The van der Waals surface area contributed by atoms with Crippen LogP contribution in [0.15, 0.2) is 30.6 Å². The Morgan fingerprint density at radius 2 is 2.07 bits per heavy atom. The van der Waals surface area contributed by atoms with Crippen LogP contribution in [0.1, 0.15) is 56.0 Å². The van der Waals surface area contributed by atoms with Crippen molar-refractivity contribution in [2.24, 2.45) is 5.73 Å². The molecule has 162 valence electrons. The number of hydrogen-bond acceptors (Lipinski definition) is 6. The van der Waals surface area contributed by atoms with Gasteiger partial charge in [0, 0.05) is 37.2 Å². The second-order valence-electron chi connectivity index (χ2n) is 6.76. The van der Waals surface area contributed by atoms with Gasteiger partial charge in [0.15, 0.2) is 0 Å². The van der Waals surface area contributed by atoms with E-state index in [2.05, 4.69) is 16.0 Å². The topological polar surface area (TPSA) is 106 Å². The summed E-state index contributed by atoms with van der Waals surface area (Å²) in [4.78, 5) is 14.4. The van der Waals surface area contributed by atoms with E-state index in [1.807, 2.05) is 63.3 Å². The van der Waals surface area contributed by atoms with E-state index in [-0.39, 0.29) is 12.1 Å². The van der Waals surface area contributed by atoms with Crippen molar-refractivity contribution in [3.63, 3.8) is 0 Å². The van der Waals surface area contributed by atoms with Gasteiger partial charge in [-0.3, -0.25) is 4.79 Å². The lowest BCUT2D eigenvalue weighted by atomic mass is 10.0. The number of unbranched alkanes of at least 4 members (excludes halogenated alkanes) is 2. The number of aryl methyl sites for hydroxylation is 1. The van der Waals surface area contributed by atoms with Crippen LogP contribution in [0.3, 0.4) is 0 Å². The molecule has 1 aromatic rings. The number of rotatable bonds is 9. The quantitative estimate of drug-likeness (QED) is 0.408. The Hall–Kier alpha value is -2.54. The van der Waals surface area contributed by atoms with Gasteiger partial charge < -0.3 is 32.0 Å². The first kappa shape index (κ1) is 24.5. The van der Waals surface area contributed by atoms with Crippen LogP contribution in [-0.2, 0) is 6.42 Å². The first-order valence-electron chi connectivity index (χ1n) is 10.6. The molecule has 6 N–H and O–H groups in total. The summed E-state index contributed by atoms with van der Waals surface area (Å²) in [6.45, 7) is 7.92. The van der Waals surface area contributed by atoms with Crippen molar-refractivity contribution in [2.45, 2.75) is 52.6 Å². The third kappa shape index (κ3) is 7.77. The summed E-state index contributed by atoms with van der Waals surface area (Å²) in [5, 5.41) is 17.7. The molecule has 0 spiro atoms. The smallest absolute Gasteiger partial charge is 0.251 e. The molecule has 0 bridgehead atoms. The number of benzene rings is 1. The van der Waals surface area contributed by atoms with Gasteiger partial charge in [-0.2, -0.15) is 0 Å². The lowest BCUT2D eigenvalue weighted by molar-refractivity contribution is 0.0952. The molecule has 0 radical (unpaired) electrons. The number of nitrogens with one attached hydrogen (secondary N) is 4. The van der Waals surface area contributed by atoms with Gasteiger partial charge in [0.05, 0.1) is 12.3 Å². The number of anilines is 1. The van der Waals surface area contributed by atoms with Crippen LogP contribution >= 0.6 is 0 Å². The molecule has 2 rings (SSSR count). The maximum atomic E-state index is 12.5. The Bertz CT molecular complexity index is 673. The van der Waals surface area contributed by atoms with Crippen molar-refractivity contribution in [1.82, 2.24) is 15.5 Å². The zero-order valence-corrected chi connectivity index (χ0v) is 18.3. The highest BCUT2D eigenvalue weighted by Crippen LogP contribution is 2.19. The van der Waals surface area contributed by atoms with Gasteiger partial charge in [0.1, 0.15) is 6.17 Å². The molecule has 7 nitrogen and oxygen atoms in total. The number of nitrogens with two attached hydrogens (primary N) is 1. The first-order valence-corrected chi connectivity index (χ1v) is 10.6. The largest absolute Gasteiger partial charge is 0.384 e. The maximum Gasteiger partial charge on any atom is 0.251 e. The molecule has 0 saturated carbocycles. The minimum absolute atomic E-state index is 0.0300. The van der Waals surface area contributed by atoms with Gasteiger partial charge in [-0.1, -0.05) is 27.2 Å². The lowest BCUT2D eigenvalue weighted by Crippen LogP contribution is -2.42. The zero-order chi connectivity index (χ0) is 21.6. The third-order valence-corrected chi connectivity index (χ3v) is 4.66. The van der Waals surface area contributed by atoms with Crippen molar-refractivity contribution in [2.75, 3.05) is 32.0 Å². The van der Waals surface area contributed by atoms with Crippen LogP contribution in [0.2, 0.25) is 0 Å².